The van der Waals surface area contributed by atoms with Gasteiger partial charge in [-0.05, 0) is 37.0 Å². The van der Waals surface area contributed by atoms with Gasteiger partial charge in [0.1, 0.15) is 0 Å². The maximum Gasteiger partial charge on any atom is 0.0891 e. The first-order valence-electron chi connectivity index (χ1n) is 15.6. The molecule has 0 fully saturated rings. The first-order valence-corrected chi connectivity index (χ1v) is 15.6. The second-order valence-electron chi connectivity index (χ2n) is 11.8. The molecular weight excluding hydrogens is 534 g/mol. The van der Waals surface area contributed by atoms with Crippen LogP contribution in [0.4, 0.5) is 0 Å². The van der Waals surface area contributed by atoms with Crippen LogP contribution in [-0.2, 0) is 0 Å². The normalized spacial score (nSPS) is 17.1. The number of hydrogen-bond donors (Lipinski definition) is 1. The molecule has 210 valence electrons. The average molecular weight is 566 g/mol. The van der Waals surface area contributed by atoms with E-state index in [1.807, 2.05) is 0 Å². The number of aliphatic imine (C=N–C) groups is 1. The van der Waals surface area contributed by atoms with E-state index in [4.69, 9.17) is 4.99 Å². The summed E-state index contributed by atoms with van der Waals surface area (Å²) in [4.78, 5) is 9.43. The van der Waals surface area contributed by atoms with E-state index in [1.54, 1.807) is 0 Å². The molecule has 3 nitrogen and oxygen atoms in total. The predicted molar refractivity (Wildman–Crippen MR) is 187 cm³/mol. The summed E-state index contributed by atoms with van der Waals surface area (Å²) in [6.45, 7) is 0. The lowest BCUT2D eigenvalue weighted by Gasteiger charge is -2.23. The van der Waals surface area contributed by atoms with Gasteiger partial charge in [0, 0.05) is 43.4 Å². The van der Waals surface area contributed by atoms with Crippen molar-refractivity contribution in [2.24, 2.45) is 4.99 Å². The number of fused-ring (bicyclic) bond motifs is 10. The van der Waals surface area contributed by atoms with Gasteiger partial charge in [-0.25, -0.2) is 0 Å². The largest absolute Gasteiger partial charge is 0.354 e. The van der Waals surface area contributed by atoms with E-state index >= 15 is 0 Å². The van der Waals surface area contributed by atoms with Crippen LogP contribution in [0.25, 0.3) is 60.1 Å². The van der Waals surface area contributed by atoms with Gasteiger partial charge in [0.2, 0.25) is 0 Å². The first kappa shape index (κ1) is 25.1. The van der Waals surface area contributed by atoms with E-state index in [0.29, 0.717) is 0 Å². The summed E-state index contributed by atoms with van der Waals surface area (Å²) in [5.74, 6) is 0. The maximum atomic E-state index is 5.63. The molecule has 1 atom stereocenters. The molecule has 0 saturated carbocycles. The molecule has 1 unspecified atom stereocenters. The molecule has 3 heterocycles. The number of nitrogens with zero attached hydrogens (tertiary/aromatic N) is 2. The minimum atomic E-state index is 0.0975. The molecule has 6 aromatic carbocycles. The Hall–Kier alpha value is -5.41. The zero-order valence-corrected chi connectivity index (χ0v) is 24.4. The van der Waals surface area contributed by atoms with Crippen molar-refractivity contribution < 1.29 is 0 Å². The van der Waals surface area contributed by atoms with Crippen LogP contribution in [-0.4, -0.2) is 15.3 Å². The van der Waals surface area contributed by atoms with Crippen molar-refractivity contribution in [1.29, 1.82) is 0 Å². The molecule has 0 amide bonds. The van der Waals surface area contributed by atoms with Crippen LogP contribution in [0.1, 0.15) is 36.4 Å². The van der Waals surface area contributed by atoms with Crippen LogP contribution in [0.5, 0.6) is 0 Å². The van der Waals surface area contributed by atoms with Gasteiger partial charge < -0.3 is 9.55 Å². The van der Waals surface area contributed by atoms with Gasteiger partial charge in [-0.15, -0.1) is 0 Å². The number of aromatic nitrogens is 2. The monoisotopic (exact) mass is 565 g/mol. The zero-order chi connectivity index (χ0) is 29.0. The SMILES string of the molecule is C1=C(/n2c3ccccc3c3c4c5ccccc5[nH]c4c4ccccc4c32)C(c2ccccc2)=NC(c2ccccc2)CCC/1. The summed E-state index contributed by atoms with van der Waals surface area (Å²) in [7, 11) is 0. The first-order chi connectivity index (χ1) is 21.9. The Morgan fingerprint density at radius 2 is 1.27 bits per heavy atom. The highest BCUT2D eigenvalue weighted by atomic mass is 15.0. The highest BCUT2D eigenvalue weighted by molar-refractivity contribution is 6.39. The van der Waals surface area contributed by atoms with Crippen LogP contribution in [0.3, 0.4) is 0 Å². The van der Waals surface area contributed by atoms with E-state index in [9.17, 15) is 0 Å². The summed E-state index contributed by atoms with van der Waals surface area (Å²) >= 11 is 0. The molecule has 1 N–H and O–H groups in total. The molecule has 44 heavy (non-hydrogen) atoms. The molecule has 0 aliphatic carbocycles. The van der Waals surface area contributed by atoms with Crippen molar-refractivity contribution in [3.8, 4) is 0 Å². The number of para-hydroxylation sites is 2. The molecule has 9 rings (SSSR count). The van der Waals surface area contributed by atoms with Crippen molar-refractivity contribution in [2.45, 2.75) is 25.3 Å². The van der Waals surface area contributed by atoms with Crippen molar-refractivity contribution in [1.82, 2.24) is 9.55 Å². The van der Waals surface area contributed by atoms with Crippen LogP contribution >= 0.6 is 0 Å². The van der Waals surface area contributed by atoms with Gasteiger partial charge in [-0.2, -0.15) is 0 Å². The van der Waals surface area contributed by atoms with Crippen LogP contribution in [0.2, 0.25) is 0 Å². The fourth-order valence-corrected chi connectivity index (χ4v) is 7.37. The number of benzene rings is 6. The van der Waals surface area contributed by atoms with E-state index in [-0.39, 0.29) is 6.04 Å². The number of nitrogens with one attached hydrogen (secondary N) is 1. The smallest absolute Gasteiger partial charge is 0.0891 e. The standard InChI is InChI=1S/C41H31N3/c1-3-15-27(16-4-1)33-23-12-14-26-36(39(42-33)28-17-5-2-6-18-28)44-35-25-13-10-22-32(35)38-37-31-21-9-11-24-34(31)43-40(37)29-19-7-8-20-30(29)41(38)44/h1-11,13,15-22,24-26,33,43H,12,14,23H2/b36-26+,42-39?. The average Bonchev–Trinajstić information content (AvgIpc) is 3.63. The third kappa shape index (κ3) is 3.79. The van der Waals surface area contributed by atoms with Gasteiger partial charge in [0.05, 0.1) is 34.0 Å². The molecule has 3 heteroatoms. The Balaban J connectivity index is 1.45. The Kier molecular flexibility index (Phi) is 5.77. The number of allylic oxidation sites excluding steroid dienone is 2. The second kappa shape index (κ2) is 10.1. The van der Waals surface area contributed by atoms with Gasteiger partial charge in [-0.1, -0.05) is 127 Å². The lowest BCUT2D eigenvalue weighted by Crippen LogP contribution is -2.15. The number of rotatable bonds is 3. The Labute approximate surface area is 255 Å². The fourth-order valence-electron chi connectivity index (χ4n) is 7.37. The van der Waals surface area contributed by atoms with E-state index in [2.05, 4.69) is 149 Å². The quantitative estimate of drug-likeness (QED) is 0.221. The Morgan fingerprint density at radius 1 is 0.614 bits per heavy atom. The van der Waals surface area contributed by atoms with E-state index in [0.717, 1.165) is 36.2 Å². The van der Waals surface area contributed by atoms with Crippen LogP contribution in [0, 0.1) is 0 Å². The molecule has 0 bridgehead atoms. The van der Waals surface area contributed by atoms with Crippen molar-refractivity contribution in [2.75, 3.05) is 0 Å². The summed E-state index contributed by atoms with van der Waals surface area (Å²) in [6.07, 6.45) is 5.54. The summed E-state index contributed by atoms with van der Waals surface area (Å²) in [5.41, 5.74) is 9.44. The minimum absolute atomic E-state index is 0.0975. The van der Waals surface area contributed by atoms with Crippen LogP contribution < -0.4 is 0 Å². The molecular formula is C41H31N3. The van der Waals surface area contributed by atoms with Gasteiger partial charge >= 0.3 is 0 Å². The van der Waals surface area contributed by atoms with Crippen LogP contribution in [0.15, 0.2) is 145 Å². The van der Waals surface area contributed by atoms with Crippen molar-refractivity contribution in [3.63, 3.8) is 0 Å². The number of aromatic amines is 1. The maximum absolute atomic E-state index is 5.63. The molecule has 0 radical (unpaired) electrons. The van der Waals surface area contributed by atoms with Crippen molar-refractivity contribution in [3.05, 3.63) is 151 Å². The third-order valence-electron chi connectivity index (χ3n) is 9.30. The zero-order valence-electron chi connectivity index (χ0n) is 24.4. The van der Waals surface area contributed by atoms with Gasteiger partial charge in [-0.3, -0.25) is 4.99 Å². The van der Waals surface area contributed by atoms with E-state index < -0.39 is 0 Å². The fraction of sp³-hybridized carbons (Fsp3) is 0.0976. The lowest BCUT2D eigenvalue weighted by atomic mass is 9.96. The molecule has 8 aromatic rings. The van der Waals surface area contributed by atoms with Gasteiger partial charge in [0.15, 0.2) is 0 Å². The summed E-state index contributed by atoms with van der Waals surface area (Å²) in [5, 5.41) is 7.58. The highest BCUT2D eigenvalue weighted by Crippen LogP contribution is 2.45. The third-order valence-corrected chi connectivity index (χ3v) is 9.30. The topological polar surface area (TPSA) is 33.1 Å². The lowest BCUT2D eigenvalue weighted by molar-refractivity contribution is 0.617. The minimum Gasteiger partial charge on any atom is -0.354 e. The molecule has 1 aliphatic rings. The second-order valence-corrected chi connectivity index (χ2v) is 11.8. The van der Waals surface area contributed by atoms with Crippen molar-refractivity contribution >= 4 is 65.8 Å². The molecule has 0 saturated heterocycles. The Morgan fingerprint density at radius 3 is 2.09 bits per heavy atom. The number of hydrogen-bond acceptors (Lipinski definition) is 1. The van der Waals surface area contributed by atoms with Gasteiger partial charge in [0.25, 0.3) is 0 Å². The highest BCUT2D eigenvalue weighted by Gasteiger charge is 2.25. The number of H-pyrrole nitrogens is 1. The Bertz CT molecular complexity index is 2410. The molecule has 2 aromatic heterocycles. The van der Waals surface area contributed by atoms with E-state index in [1.165, 1.54) is 59.9 Å². The molecule has 1 aliphatic heterocycles. The summed E-state index contributed by atoms with van der Waals surface area (Å²) in [6, 6.07) is 48.2. The molecule has 0 spiro atoms. The summed E-state index contributed by atoms with van der Waals surface area (Å²) < 4.78 is 2.52. The predicted octanol–water partition coefficient (Wildman–Crippen LogP) is 10.8.